The Morgan fingerprint density at radius 1 is 1.22 bits per heavy atom. The van der Waals surface area contributed by atoms with Crippen molar-refractivity contribution in [3.8, 4) is 10.6 Å². The van der Waals surface area contributed by atoms with E-state index >= 15 is 0 Å². The van der Waals surface area contributed by atoms with Crippen LogP contribution in [0.5, 0.6) is 0 Å². The first-order valence-electron chi connectivity index (χ1n) is 8.88. The smallest absolute Gasteiger partial charge is 0.346 e. The SMILES string of the molecule is C=CCN(c1ccc2cc(-c3nc4ccccc4s3)c(=O)oc2c1)C(C)C. The van der Waals surface area contributed by atoms with E-state index < -0.39 is 0 Å². The molecular formula is C22H20N2O2S. The van der Waals surface area contributed by atoms with Crippen LogP contribution in [0.4, 0.5) is 5.69 Å². The molecule has 136 valence electrons. The minimum atomic E-state index is -0.362. The molecule has 2 aromatic carbocycles. The zero-order valence-corrected chi connectivity index (χ0v) is 16.1. The van der Waals surface area contributed by atoms with E-state index in [2.05, 4.69) is 30.3 Å². The minimum absolute atomic E-state index is 0.314. The first kappa shape index (κ1) is 17.5. The van der Waals surface area contributed by atoms with Crippen molar-refractivity contribution in [3.05, 3.63) is 71.6 Å². The molecule has 2 aromatic heterocycles. The average Bonchev–Trinajstić information content (AvgIpc) is 3.08. The zero-order valence-electron chi connectivity index (χ0n) is 15.3. The Morgan fingerprint density at radius 2 is 2.04 bits per heavy atom. The molecule has 4 rings (SSSR count). The Labute approximate surface area is 161 Å². The second-order valence-electron chi connectivity index (χ2n) is 6.69. The summed E-state index contributed by atoms with van der Waals surface area (Å²) in [6.45, 7) is 8.81. The molecule has 0 radical (unpaired) electrons. The predicted octanol–water partition coefficient (Wildman–Crippen LogP) is 5.47. The van der Waals surface area contributed by atoms with E-state index in [1.807, 2.05) is 54.6 Å². The van der Waals surface area contributed by atoms with Gasteiger partial charge in [0.2, 0.25) is 0 Å². The third-order valence-electron chi connectivity index (χ3n) is 4.52. The van der Waals surface area contributed by atoms with Crippen LogP contribution in [0.1, 0.15) is 13.8 Å². The predicted molar refractivity (Wildman–Crippen MR) is 114 cm³/mol. The Kier molecular flexibility index (Phi) is 4.54. The van der Waals surface area contributed by atoms with E-state index in [0.717, 1.165) is 27.8 Å². The average molecular weight is 376 g/mol. The number of hydrogen-bond donors (Lipinski definition) is 0. The molecule has 5 heteroatoms. The van der Waals surface area contributed by atoms with Crippen molar-refractivity contribution in [1.82, 2.24) is 4.98 Å². The van der Waals surface area contributed by atoms with Crippen molar-refractivity contribution in [2.24, 2.45) is 0 Å². The zero-order chi connectivity index (χ0) is 19.0. The van der Waals surface area contributed by atoms with Crippen LogP contribution >= 0.6 is 11.3 Å². The van der Waals surface area contributed by atoms with Gasteiger partial charge >= 0.3 is 5.63 Å². The van der Waals surface area contributed by atoms with Gasteiger partial charge in [-0.3, -0.25) is 0 Å². The number of aromatic nitrogens is 1. The summed E-state index contributed by atoms with van der Waals surface area (Å²) < 4.78 is 6.71. The first-order chi connectivity index (χ1) is 13.1. The molecule has 0 aliphatic rings. The summed E-state index contributed by atoms with van der Waals surface area (Å²) in [7, 11) is 0. The van der Waals surface area contributed by atoms with Gasteiger partial charge in [0.1, 0.15) is 10.6 Å². The van der Waals surface area contributed by atoms with Crippen LogP contribution < -0.4 is 10.5 Å². The molecular weight excluding hydrogens is 356 g/mol. The van der Waals surface area contributed by atoms with Crippen LogP contribution in [0, 0.1) is 0 Å². The molecule has 0 atom stereocenters. The van der Waals surface area contributed by atoms with Gasteiger partial charge in [0.15, 0.2) is 0 Å². The quantitative estimate of drug-likeness (QED) is 0.342. The fraction of sp³-hybridized carbons (Fsp3) is 0.182. The number of para-hydroxylation sites is 1. The summed E-state index contributed by atoms with van der Waals surface area (Å²) in [6.07, 6.45) is 1.87. The molecule has 0 aliphatic heterocycles. The number of rotatable bonds is 5. The highest BCUT2D eigenvalue weighted by Gasteiger charge is 2.15. The van der Waals surface area contributed by atoms with E-state index in [-0.39, 0.29) is 5.63 Å². The number of fused-ring (bicyclic) bond motifs is 2. The highest BCUT2D eigenvalue weighted by Crippen LogP contribution is 2.31. The molecule has 0 saturated heterocycles. The van der Waals surface area contributed by atoms with Crippen LogP contribution in [0.3, 0.4) is 0 Å². The van der Waals surface area contributed by atoms with Gasteiger partial charge in [-0.2, -0.15) is 0 Å². The summed E-state index contributed by atoms with van der Waals surface area (Å²) in [5.74, 6) is 0. The minimum Gasteiger partial charge on any atom is -0.422 e. The molecule has 0 saturated carbocycles. The number of nitrogens with zero attached hydrogens (tertiary/aromatic N) is 2. The molecule has 0 unspecified atom stereocenters. The molecule has 0 aliphatic carbocycles. The molecule has 4 aromatic rings. The Morgan fingerprint density at radius 3 is 2.78 bits per heavy atom. The Balaban J connectivity index is 1.81. The summed E-state index contributed by atoms with van der Waals surface area (Å²) in [5.41, 5.74) is 2.62. The topological polar surface area (TPSA) is 46.3 Å². The molecule has 27 heavy (non-hydrogen) atoms. The molecule has 0 N–H and O–H groups in total. The van der Waals surface area contributed by atoms with Gasteiger partial charge in [-0.25, -0.2) is 9.78 Å². The maximum atomic E-state index is 12.6. The Bertz CT molecular complexity index is 1160. The van der Waals surface area contributed by atoms with E-state index in [0.29, 0.717) is 22.2 Å². The van der Waals surface area contributed by atoms with Crippen molar-refractivity contribution in [1.29, 1.82) is 0 Å². The monoisotopic (exact) mass is 376 g/mol. The van der Waals surface area contributed by atoms with Crippen molar-refractivity contribution in [2.75, 3.05) is 11.4 Å². The number of hydrogen-bond acceptors (Lipinski definition) is 5. The summed E-state index contributed by atoms with van der Waals surface area (Å²) in [4.78, 5) is 19.4. The van der Waals surface area contributed by atoms with Crippen LogP contribution in [0.25, 0.3) is 31.8 Å². The van der Waals surface area contributed by atoms with Gasteiger partial charge < -0.3 is 9.32 Å². The Hall–Kier alpha value is -2.92. The molecule has 4 nitrogen and oxygen atoms in total. The lowest BCUT2D eigenvalue weighted by Crippen LogP contribution is -2.30. The lowest BCUT2D eigenvalue weighted by molar-refractivity contribution is 0.563. The fourth-order valence-electron chi connectivity index (χ4n) is 3.17. The fourth-order valence-corrected chi connectivity index (χ4v) is 4.14. The van der Waals surface area contributed by atoms with Gasteiger partial charge in [-0.1, -0.05) is 18.2 Å². The highest BCUT2D eigenvalue weighted by molar-refractivity contribution is 7.21. The molecule has 0 spiro atoms. The van der Waals surface area contributed by atoms with E-state index in [1.54, 1.807) is 0 Å². The second-order valence-corrected chi connectivity index (χ2v) is 7.72. The van der Waals surface area contributed by atoms with Gasteiger partial charge in [0.25, 0.3) is 0 Å². The van der Waals surface area contributed by atoms with Crippen molar-refractivity contribution < 1.29 is 4.42 Å². The van der Waals surface area contributed by atoms with E-state index in [1.165, 1.54) is 11.3 Å². The van der Waals surface area contributed by atoms with Crippen molar-refractivity contribution >= 4 is 38.2 Å². The van der Waals surface area contributed by atoms with Gasteiger partial charge in [-0.15, -0.1) is 17.9 Å². The van der Waals surface area contributed by atoms with Crippen LogP contribution in [0.15, 0.2) is 70.4 Å². The number of anilines is 1. The van der Waals surface area contributed by atoms with Gasteiger partial charge in [0.05, 0.1) is 15.8 Å². The van der Waals surface area contributed by atoms with Crippen LogP contribution in [-0.2, 0) is 0 Å². The summed E-state index contributed by atoms with van der Waals surface area (Å²) >= 11 is 1.50. The second kappa shape index (κ2) is 7.00. The first-order valence-corrected chi connectivity index (χ1v) is 9.70. The standard InChI is InChI=1S/C22H20N2O2S/c1-4-11-24(14(2)3)16-10-9-15-12-17(22(25)26-19(15)13-16)21-23-18-7-5-6-8-20(18)27-21/h4-10,12-14H,1,11H2,2-3H3. The number of thiazole rings is 1. The van der Waals surface area contributed by atoms with Crippen LogP contribution in [0.2, 0.25) is 0 Å². The van der Waals surface area contributed by atoms with Gasteiger partial charge in [0, 0.05) is 29.7 Å². The summed E-state index contributed by atoms with van der Waals surface area (Å²) in [5, 5.41) is 1.57. The van der Waals surface area contributed by atoms with Crippen LogP contribution in [-0.4, -0.2) is 17.6 Å². The molecule has 0 amide bonds. The van der Waals surface area contributed by atoms with Crippen molar-refractivity contribution in [3.63, 3.8) is 0 Å². The number of benzene rings is 2. The van der Waals surface area contributed by atoms with E-state index in [4.69, 9.17) is 4.42 Å². The van der Waals surface area contributed by atoms with Gasteiger partial charge in [-0.05, 0) is 44.2 Å². The molecule has 2 heterocycles. The third-order valence-corrected chi connectivity index (χ3v) is 5.59. The maximum Gasteiger partial charge on any atom is 0.346 e. The largest absolute Gasteiger partial charge is 0.422 e. The molecule has 0 fully saturated rings. The lowest BCUT2D eigenvalue weighted by Gasteiger charge is -2.27. The molecule has 0 bridgehead atoms. The summed E-state index contributed by atoms with van der Waals surface area (Å²) in [6, 6.07) is 16.0. The maximum absolute atomic E-state index is 12.6. The normalized spacial score (nSPS) is 11.4. The third kappa shape index (κ3) is 3.26. The van der Waals surface area contributed by atoms with E-state index in [9.17, 15) is 4.79 Å². The lowest BCUT2D eigenvalue weighted by atomic mass is 10.1. The van der Waals surface area contributed by atoms with Crippen molar-refractivity contribution in [2.45, 2.75) is 19.9 Å². The highest BCUT2D eigenvalue weighted by atomic mass is 32.1.